The van der Waals surface area contributed by atoms with Gasteiger partial charge in [-0.25, -0.2) is 4.79 Å². The molecule has 2 heterocycles. The molecule has 8 nitrogen and oxygen atoms in total. The van der Waals surface area contributed by atoms with Gasteiger partial charge in [0, 0.05) is 32.7 Å². The smallest absolute Gasteiger partial charge is 0.317 e. The average molecular weight is 360 g/mol. The second-order valence-electron chi connectivity index (χ2n) is 5.70. The Bertz CT molecular complexity index is 686. The zero-order valence-electron chi connectivity index (χ0n) is 13.7. The summed E-state index contributed by atoms with van der Waals surface area (Å²) < 4.78 is 0. The number of anilines is 1. The van der Waals surface area contributed by atoms with Crippen molar-refractivity contribution in [3.05, 3.63) is 41.4 Å². The predicted octanol–water partition coefficient (Wildman–Crippen LogP) is 1.00. The van der Waals surface area contributed by atoms with Crippen molar-refractivity contribution in [1.29, 1.82) is 0 Å². The number of carbonyl (C=O) groups is 2. The van der Waals surface area contributed by atoms with Gasteiger partial charge in [-0.2, -0.15) is 0 Å². The first kappa shape index (κ1) is 17.3. The van der Waals surface area contributed by atoms with Gasteiger partial charge in [-0.1, -0.05) is 41.7 Å². The Morgan fingerprint density at radius 3 is 2.56 bits per heavy atom. The summed E-state index contributed by atoms with van der Waals surface area (Å²) in [7, 11) is 0. The van der Waals surface area contributed by atoms with Crippen LogP contribution in [-0.2, 0) is 11.3 Å². The molecule has 0 unspecified atom stereocenters. The minimum absolute atomic E-state index is 0.0807. The van der Waals surface area contributed by atoms with E-state index in [1.165, 1.54) is 22.4 Å². The minimum Gasteiger partial charge on any atom is -0.329 e. The number of carbonyl (C=O) groups excluding carboxylic acids is 2. The van der Waals surface area contributed by atoms with Crippen LogP contribution in [0.2, 0.25) is 0 Å². The molecular formula is C16H20N6O2S. The molecule has 9 heteroatoms. The third-order valence-electron chi connectivity index (χ3n) is 3.92. The van der Waals surface area contributed by atoms with E-state index in [1.54, 1.807) is 4.90 Å². The van der Waals surface area contributed by atoms with Crippen molar-refractivity contribution < 1.29 is 9.59 Å². The summed E-state index contributed by atoms with van der Waals surface area (Å²) in [5, 5.41) is 13.0. The lowest BCUT2D eigenvalue weighted by atomic mass is 10.2. The van der Waals surface area contributed by atoms with Crippen LogP contribution in [0.25, 0.3) is 0 Å². The first-order valence-corrected chi connectivity index (χ1v) is 8.94. The molecule has 3 amide bonds. The summed E-state index contributed by atoms with van der Waals surface area (Å²) >= 11 is 1.23. The van der Waals surface area contributed by atoms with E-state index in [1.807, 2.05) is 18.2 Å². The highest BCUT2D eigenvalue weighted by molar-refractivity contribution is 7.13. The van der Waals surface area contributed by atoms with Crippen molar-refractivity contribution in [2.24, 2.45) is 0 Å². The summed E-state index contributed by atoms with van der Waals surface area (Å²) in [6.45, 7) is 3.75. The number of urea groups is 1. The van der Waals surface area contributed by atoms with Crippen LogP contribution < -0.4 is 10.6 Å². The summed E-state index contributed by atoms with van der Waals surface area (Å²) in [6, 6.07) is 10.1. The Morgan fingerprint density at radius 1 is 1.12 bits per heavy atom. The highest BCUT2D eigenvalue weighted by Gasteiger charge is 2.21. The molecule has 2 aromatic rings. The predicted molar refractivity (Wildman–Crippen MR) is 95.2 cm³/mol. The summed E-state index contributed by atoms with van der Waals surface area (Å²) in [6.07, 6.45) is 0. The van der Waals surface area contributed by atoms with Crippen LogP contribution in [0.15, 0.2) is 35.8 Å². The van der Waals surface area contributed by atoms with Crippen LogP contribution in [0.4, 0.5) is 9.93 Å². The van der Waals surface area contributed by atoms with Gasteiger partial charge >= 0.3 is 6.03 Å². The van der Waals surface area contributed by atoms with E-state index < -0.39 is 0 Å². The molecule has 1 aromatic carbocycles. The van der Waals surface area contributed by atoms with Crippen molar-refractivity contribution in [2.75, 3.05) is 38.0 Å². The standard InChI is InChI=1S/C16H20N6O2S/c23-14(19-15-20-18-12-25-15)10-17-16(24)22-8-6-21(7-9-22)11-13-4-2-1-3-5-13/h1-5,12H,6-11H2,(H,17,24)(H,19,20,23). The monoisotopic (exact) mass is 360 g/mol. The molecular weight excluding hydrogens is 340 g/mol. The fourth-order valence-corrected chi connectivity index (χ4v) is 3.07. The average Bonchev–Trinajstić information content (AvgIpc) is 3.14. The quantitative estimate of drug-likeness (QED) is 0.830. The second kappa shape index (κ2) is 8.54. The Morgan fingerprint density at radius 2 is 1.88 bits per heavy atom. The SMILES string of the molecule is O=C(CNC(=O)N1CCN(Cc2ccccc2)CC1)Nc1nncs1. The van der Waals surface area contributed by atoms with Gasteiger partial charge < -0.3 is 10.2 Å². The normalized spacial score (nSPS) is 15.0. The van der Waals surface area contributed by atoms with Crippen molar-refractivity contribution in [3.63, 3.8) is 0 Å². The zero-order valence-corrected chi connectivity index (χ0v) is 14.5. The Labute approximate surface area is 149 Å². The lowest BCUT2D eigenvalue weighted by molar-refractivity contribution is -0.115. The van der Waals surface area contributed by atoms with Crippen molar-refractivity contribution in [1.82, 2.24) is 25.3 Å². The first-order valence-electron chi connectivity index (χ1n) is 8.06. The van der Waals surface area contributed by atoms with Crippen molar-refractivity contribution in [3.8, 4) is 0 Å². The maximum atomic E-state index is 12.2. The van der Waals surface area contributed by atoms with Gasteiger partial charge in [0.15, 0.2) is 0 Å². The van der Waals surface area contributed by atoms with E-state index in [-0.39, 0.29) is 18.5 Å². The van der Waals surface area contributed by atoms with Crippen LogP contribution in [-0.4, -0.2) is 64.7 Å². The van der Waals surface area contributed by atoms with Gasteiger partial charge in [-0.05, 0) is 5.56 Å². The Hall–Kier alpha value is -2.52. The van der Waals surface area contributed by atoms with Gasteiger partial charge in [0.2, 0.25) is 11.0 Å². The highest BCUT2D eigenvalue weighted by atomic mass is 32.1. The summed E-state index contributed by atoms with van der Waals surface area (Å²) in [5.41, 5.74) is 2.80. The fourth-order valence-electron chi connectivity index (χ4n) is 2.61. The molecule has 0 bridgehead atoms. The van der Waals surface area contributed by atoms with Crippen molar-refractivity contribution >= 4 is 28.4 Å². The van der Waals surface area contributed by atoms with Crippen LogP contribution in [0.5, 0.6) is 0 Å². The molecule has 132 valence electrons. The van der Waals surface area contributed by atoms with Crippen LogP contribution in [0, 0.1) is 0 Å². The first-order chi connectivity index (χ1) is 12.2. The molecule has 1 aromatic heterocycles. The molecule has 0 saturated carbocycles. The van der Waals surface area contributed by atoms with Gasteiger partial charge in [0.05, 0.1) is 6.54 Å². The fraction of sp³-hybridized carbons (Fsp3) is 0.375. The number of nitrogens with zero attached hydrogens (tertiary/aromatic N) is 4. The zero-order chi connectivity index (χ0) is 17.5. The van der Waals surface area contributed by atoms with Crippen LogP contribution in [0.3, 0.4) is 0 Å². The molecule has 3 rings (SSSR count). The van der Waals surface area contributed by atoms with Gasteiger partial charge in [0.25, 0.3) is 0 Å². The molecule has 0 radical (unpaired) electrons. The molecule has 0 spiro atoms. The van der Waals surface area contributed by atoms with E-state index in [0.717, 1.165) is 19.6 Å². The molecule has 1 saturated heterocycles. The van der Waals surface area contributed by atoms with Crippen LogP contribution >= 0.6 is 11.3 Å². The number of hydrogen-bond donors (Lipinski definition) is 2. The highest BCUT2D eigenvalue weighted by Crippen LogP contribution is 2.09. The summed E-state index contributed by atoms with van der Waals surface area (Å²) in [5.74, 6) is -0.312. The number of nitrogens with one attached hydrogen (secondary N) is 2. The molecule has 25 heavy (non-hydrogen) atoms. The lowest BCUT2D eigenvalue weighted by Crippen LogP contribution is -2.52. The van der Waals surface area contributed by atoms with E-state index in [2.05, 4.69) is 37.9 Å². The van der Waals surface area contributed by atoms with E-state index >= 15 is 0 Å². The Kier molecular flexibility index (Phi) is 5.91. The molecule has 1 aliphatic heterocycles. The number of amides is 3. The lowest BCUT2D eigenvalue weighted by Gasteiger charge is -2.34. The van der Waals surface area contributed by atoms with Gasteiger partial charge in [-0.15, -0.1) is 10.2 Å². The van der Waals surface area contributed by atoms with E-state index in [9.17, 15) is 9.59 Å². The molecule has 2 N–H and O–H groups in total. The number of aromatic nitrogens is 2. The maximum absolute atomic E-state index is 12.2. The minimum atomic E-state index is -0.312. The molecule has 0 atom stereocenters. The van der Waals surface area contributed by atoms with E-state index in [0.29, 0.717) is 18.2 Å². The topological polar surface area (TPSA) is 90.5 Å². The molecule has 1 fully saturated rings. The molecule has 0 aliphatic carbocycles. The maximum Gasteiger partial charge on any atom is 0.317 e. The number of piperazine rings is 1. The second-order valence-corrected chi connectivity index (χ2v) is 6.53. The summed E-state index contributed by atoms with van der Waals surface area (Å²) in [4.78, 5) is 28.0. The van der Waals surface area contributed by atoms with Gasteiger partial charge in [0.1, 0.15) is 5.51 Å². The number of rotatable bonds is 5. The van der Waals surface area contributed by atoms with Crippen LogP contribution in [0.1, 0.15) is 5.56 Å². The van der Waals surface area contributed by atoms with E-state index in [4.69, 9.17) is 0 Å². The molecule has 1 aliphatic rings. The number of hydrogen-bond acceptors (Lipinski definition) is 6. The third kappa shape index (κ3) is 5.23. The Balaban J connectivity index is 1.37. The largest absolute Gasteiger partial charge is 0.329 e. The van der Waals surface area contributed by atoms with Gasteiger partial charge in [-0.3, -0.25) is 15.0 Å². The van der Waals surface area contributed by atoms with Crippen molar-refractivity contribution in [2.45, 2.75) is 6.54 Å². The number of benzene rings is 1. The third-order valence-corrected chi connectivity index (χ3v) is 4.52.